The smallest absolute Gasteiger partial charge is 0.329 e. The van der Waals surface area contributed by atoms with Gasteiger partial charge in [0.1, 0.15) is 0 Å². The first-order valence-corrected chi connectivity index (χ1v) is 3.34. The van der Waals surface area contributed by atoms with Gasteiger partial charge in [-0.25, -0.2) is 0 Å². The van der Waals surface area contributed by atoms with Crippen molar-refractivity contribution in [2.24, 2.45) is 5.73 Å². The molecule has 0 aliphatic carbocycles. The summed E-state index contributed by atoms with van der Waals surface area (Å²) in [5.74, 6) is 0. The van der Waals surface area contributed by atoms with Gasteiger partial charge in [-0.1, -0.05) is 3.89 Å². The summed E-state index contributed by atoms with van der Waals surface area (Å²) in [5, 5.41) is 0. The van der Waals surface area contributed by atoms with Crippen molar-refractivity contribution in [3.8, 4) is 0 Å². The van der Waals surface area contributed by atoms with Gasteiger partial charge >= 0.3 is 10.4 Å². The number of hydrogen-bond acceptors (Lipinski definition) is 3. The fraction of sp³-hybridized carbons (Fsp3) is 1.00. The van der Waals surface area contributed by atoms with Crippen LogP contribution in [0.15, 0.2) is 0 Å². The monoisotopic (exact) mass is 142 g/mol. The zero-order valence-corrected chi connectivity index (χ0v) is 4.91. The van der Waals surface area contributed by atoms with E-state index in [1.807, 2.05) is 0 Å². The molecule has 0 aromatic rings. The predicted molar refractivity (Wildman–Crippen MR) is 27.1 cm³/mol. The van der Waals surface area contributed by atoms with Crippen LogP contribution >= 0.6 is 0 Å². The highest BCUT2D eigenvalue weighted by Gasteiger charge is 2.01. The van der Waals surface area contributed by atoms with E-state index in [2.05, 4.69) is 0 Å². The minimum atomic E-state index is -4.52. The minimum Gasteiger partial charge on any atom is -0.329 e. The molecule has 0 aromatic carbocycles. The quantitative estimate of drug-likeness (QED) is 0.483. The highest BCUT2D eigenvalue weighted by Crippen LogP contribution is 1.78. The molecule has 0 radical (unpaired) electrons. The number of nitrogens with one attached hydrogen (secondary N) is 1. The van der Waals surface area contributed by atoms with Crippen molar-refractivity contribution in [3.05, 3.63) is 0 Å². The van der Waals surface area contributed by atoms with Crippen molar-refractivity contribution in [1.29, 1.82) is 0 Å². The molecule has 0 saturated heterocycles. The molecule has 0 aromatic heterocycles. The second kappa shape index (κ2) is 2.95. The molecule has 0 aliphatic heterocycles. The van der Waals surface area contributed by atoms with Crippen LogP contribution < -0.4 is 10.5 Å². The normalized spacial score (nSPS) is 11.8. The molecule has 4 nitrogen and oxygen atoms in total. The van der Waals surface area contributed by atoms with Crippen LogP contribution in [0, 0.1) is 0 Å². The van der Waals surface area contributed by atoms with Crippen LogP contribution in [0.25, 0.3) is 0 Å². The van der Waals surface area contributed by atoms with Gasteiger partial charge in [0.25, 0.3) is 0 Å². The Labute approximate surface area is 47.2 Å². The van der Waals surface area contributed by atoms with E-state index in [4.69, 9.17) is 5.73 Å². The van der Waals surface area contributed by atoms with Gasteiger partial charge in [-0.05, 0) is 0 Å². The maximum atomic E-state index is 11.4. The van der Waals surface area contributed by atoms with Crippen molar-refractivity contribution in [2.45, 2.75) is 0 Å². The first-order valence-electron chi connectivity index (χ1n) is 1.95. The minimum absolute atomic E-state index is 0.0567. The second-order valence-corrected chi connectivity index (χ2v) is 2.29. The van der Waals surface area contributed by atoms with E-state index in [0.29, 0.717) is 0 Å². The molecule has 0 atom stereocenters. The standard InChI is InChI=1S/C2H7FN2O2S/c3-8(6,7)5-2-1-4/h5H,1-2,4H2. The number of halogens is 1. The maximum absolute atomic E-state index is 11.4. The Kier molecular flexibility index (Phi) is 2.88. The number of nitrogens with two attached hydrogens (primary N) is 1. The third kappa shape index (κ3) is 5.80. The zero-order chi connectivity index (χ0) is 6.62. The molecule has 0 bridgehead atoms. The third-order valence-corrected chi connectivity index (χ3v) is 0.968. The summed E-state index contributed by atoms with van der Waals surface area (Å²) in [4.78, 5) is 0. The van der Waals surface area contributed by atoms with Gasteiger partial charge < -0.3 is 5.73 Å². The Bertz CT molecular complexity index is 142. The van der Waals surface area contributed by atoms with Crippen LogP contribution in [0.1, 0.15) is 0 Å². The maximum Gasteiger partial charge on any atom is 0.372 e. The SMILES string of the molecule is NCCNS(=O)(=O)F. The molecule has 0 saturated carbocycles. The van der Waals surface area contributed by atoms with Gasteiger partial charge in [0.05, 0.1) is 0 Å². The van der Waals surface area contributed by atoms with Gasteiger partial charge in [-0.15, -0.1) is 0 Å². The van der Waals surface area contributed by atoms with Crippen LogP contribution in [0.5, 0.6) is 0 Å². The predicted octanol–water partition coefficient (Wildman–Crippen LogP) is -1.25. The van der Waals surface area contributed by atoms with E-state index in [1.165, 1.54) is 0 Å². The molecule has 50 valence electrons. The van der Waals surface area contributed by atoms with E-state index >= 15 is 0 Å². The van der Waals surface area contributed by atoms with E-state index < -0.39 is 10.4 Å². The largest absolute Gasteiger partial charge is 0.372 e. The van der Waals surface area contributed by atoms with E-state index in [1.54, 1.807) is 4.72 Å². The van der Waals surface area contributed by atoms with E-state index in [0.717, 1.165) is 0 Å². The molecule has 0 amide bonds. The zero-order valence-electron chi connectivity index (χ0n) is 4.09. The van der Waals surface area contributed by atoms with Crippen molar-refractivity contribution < 1.29 is 12.3 Å². The molecule has 6 heteroatoms. The van der Waals surface area contributed by atoms with Gasteiger partial charge in [-0.3, -0.25) is 0 Å². The van der Waals surface area contributed by atoms with Gasteiger partial charge in [0.15, 0.2) is 0 Å². The van der Waals surface area contributed by atoms with Gasteiger partial charge in [0, 0.05) is 13.1 Å². The molecule has 0 rings (SSSR count). The summed E-state index contributed by atoms with van der Waals surface area (Å²) in [6, 6.07) is 0. The molecular weight excluding hydrogens is 135 g/mol. The molecule has 0 fully saturated rings. The lowest BCUT2D eigenvalue weighted by Crippen LogP contribution is -2.25. The van der Waals surface area contributed by atoms with Crippen LogP contribution in [0.3, 0.4) is 0 Å². The van der Waals surface area contributed by atoms with Crippen LogP contribution in [-0.4, -0.2) is 21.5 Å². The Morgan fingerprint density at radius 1 is 1.62 bits per heavy atom. The van der Waals surface area contributed by atoms with Crippen molar-refractivity contribution in [3.63, 3.8) is 0 Å². The first kappa shape index (κ1) is 7.80. The molecule has 3 N–H and O–H groups in total. The molecule has 8 heavy (non-hydrogen) atoms. The first-order chi connectivity index (χ1) is 3.56. The molecule has 0 aliphatic rings. The topological polar surface area (TPSA) is 72.2 Å². The van der Waals surface area contributed by atoms with E-state index in [9.17, 15) is 12.3 Å². The number of rotatable bonds is 3. The Balaban J connectivity index is 3.42. The third-order valence-electron chi connectivity index (χ3n) is 0.419. The van der Waals surface area contributed by atoms with Gasteiger partial charge in [-0.2, -0.15) is 13.1 Å². The highest BCUT2D eigenvalue weighted by molar-refractivity contribution is 7.84. The number of hydrogen-bond donors (Lipinski definition) is 2. The fourth-order valence-electron chi connectivity index (χ4n) is 0.181. The summed E-state index contributed by atoms with van der Waals surface area (Å²) >= 11 is 0. The Morgan fingerprint density at radius 3 is 2.25 bits per heavy atom. The highest BCUT2D eigenvalue weighted by atomic mass is 32.3. The van der Waals surface area contributed by atoms with Gasteiger partial charge in [0.2, 0.25) is 0 Å². The van der Waals surface area contributed by atoms with Crippen molar-refractivity contribution in [2.75, 3.05) is 13.1 Å². The summed E-state index contributed by atoms with van der Waals surface area (Å²) in [6.07, 6.45) is 0. The van der Waals surface area contributed by atoms with Crippen molar-refractivity contribution >= 4 is 10.4 Å². The summed E-state index contributed by atoms with van der Waals surface area (Å²) < 4.78 is 32.0. The average Bonchev–Trinajstić information content (AvgIpc) is 1.59. The summed E-state index contributed by atoms with van der Waals surface area (Å²) in [6.45, 7) is 0.0436. The lowest BCUT2D eigenvalue weighted by Gasteiger charge is -1.91. The van der Waals surface area contributed by atoms with Crippen LogP contribution in [0.2, 0.25) is 0 Å². The lowest BCUT2D eigenvalue weighted by atomic mass is 10.7. The second-order valence-electron chi connectivity index (χ2n) is 1.12. The lowest BCUT2D eigenvalue weighted by molar-refractivity contribution is 0.536. The van der Waals surface area contributed by atoms with Crippen molar-refractivity contribution in [1.82, 2.24) is 4.72 Å². The molecule has 0 spiro atoms. The fourth-order valence-corrected chi connectivity index (χ4v) is 0.543. The summed E-state index contributed by atoms with van der Waals surface area (Å²) in [5.41, 5.74) is 4.84. The molecular formula is C2H7FN2O2S. The van der Waals surface area contributed by atoms with Crippen LogP contribution in [0.4, 0.5) is 3.89 Å². The summed E-state index contributed by atoms with van der Waals surface area (Å²) in [7, 11) is -4.52. The Hall–Kier alpha value is -0.200. The molecule has 0 heterocycles. The van der Waals surface area contributed by atoms with E-state index in [-0.39, 0.29) is 13.1 Å². The molecule has 0 unspecified atom stereocenters. The van der Waals surface area contributed by atoms with Crippen LogP contribution in [-0.2, 0) is 10.4 Å². The Morgan fingerprint density at radius 2 is 2.12 bits per heavy atom. The average molecular weight is 142 g/mol.